The van der Waals surface area contributed by atoms with Gasteiger partial charge >= 0.3 is 0 Å². The van der Waals surface area contributed by atoms with Crippen LogP contribution in [0, 0.1) is 35.5 Å². The Morgan fingerprint density at radius 2 is 1.00 bits per heavy atom. The molecule has 4 heteroatoms. The average Bonchev–Trinajstić information content (AvgIpc) is 3.41. The molecule has 0 N–H and O–H groups in total. The van der Waals surface area contributed by atoms with E-state index in [0.717, 1.165) is 50.9 Å². The molecule has 1 heterocycles. The second kappa shape index (κ2) is 5.74. The van der Waals surface area contributed by atoms with Crippen LogP contribution in [0.2, 0.25) is 0 Å². The quantitative estimate of drug-likeness (QED) is 0.781. The summed E-state index contributed by atoms with van der Waals surface area (Å²) in [4.78, 5) is 29.8. The van der Waals surface area contributed by atoms with Gasteiger partial charge in [-0.1, -0.05) is 12.8 Å². The van der Waals surface area contributed by atoms with E-state index in [1.54, 1.807) is 0 Å². The first-order valence-corrected chi connectivity index (χ1v) is 10.3. The number of rotatable bonds is 2. The van der Waals surface area contributed by atoms with Crippen LogP contribution < -0.4 is 0 Å². The molecular formula is C20H30N2O2. The Morgan fingerprint density at radius 3 is 1.29 bits per heavy atom. The fraction of sp³-hybridized carbons (Fsp3) is 0.900. The van der Waals surface area contributed by atoms with Crippen molar-refractivity contribution in [2.75, 3.05) is 26.2 Å². The van der Waals surface area contributed by atoms with E-state index >= 15 is 0 Å². The molecule has 5 aliphatic rings. The summed E-state index contributed by atoms with van der Waals surface area (Å²) in [6.07, 6.45) is 10.1. The topological polar surface area (TPSA) is 40.6 Å². The molecule has 5 rings (SSSR count). The van der Waals surface area contributed by atoms with E-state index in [4.69, 9.17) is 0 Å². The molecule has 5 fully saturated rings. The summed E-state index contributed by atoms with van der Waals surface area (Å²) < 4.78 is 0. The van der Waals surface area contributed by atoms with Crippen LogP contribution in [-0.2, 0) is 9.59 Å². The molecule has 4 saturated carbocycles. The third-order valence-corrected chi connectivity index (χ3v) is 8.01. The predicted molar refractivity (Wildman–Crippen MR) is 91.0 cm³/mol. The summed E-state index contributed by atoms with van der Waals surface area (Å²) in [5, 5.41) is 0. The lowest BCUT2D eigenvalue weighted by Gasteiger charge is -2.39. The van der Waals surface area contributed by atoms with Gasteiger partial charge in [-0.15, -0.1) is 0 Å². The summed E-state index contributed by atoms with van der Waals surface area (Å²) in [6, 6.07) is 0. The molecule has 0 aromatic rings. The number of amides is 2. The third kappa shape index (κ3) is 2.40. The maximum atomic E-state index is 12.8. The van der Waals surface area contributed by atoms with Gasteiger partial charge in [-0.05, 0) is 62.2 Å². The second-order valence-corrected chi connectivity index (χ2v) is 9.21. The Hall–Kier alpha value is -1.06. The van der Waals surface area contributed by atoms with Crippen LogP contribution in [-0.4, -0.2) is 47.8 Å². The largest absolute Gasteiger partial charge is 0.339 e. The first-order chi connectivity index (χ1) is 11.7. The number of piperazine rings is 1. The normalized spacial score (nSPS) is 43.7. The zero-order chi connectivity index (χ0) is 16.3. The molecule has 1 aliphatic heterocycles. The summed E-state index contributed by atoms with van der Waals surface area (Å²) in [5.74, 6) is 4.37. The summed E-state index contributed by atoms with van der Waals surface area (Å²) in [6.45, 7) is 3.05. The third-order valence-electron chi connectivity index (χ3n) is 8.01. The van der Waals surface area contributed by atoms with Crippen molar-refractivity contribution in [2.45, 2.75) is 51.4 Å². The number of carbonyl (C=O) groups is 2. The molecule has 0 aromatic carbocycles. The molecule has 4 bridgehead atoms. The van der Waals surface area contributed by atoms with Crippen LogP contribution in [0.25, 0.3) is 0 Å². The summed E-state index contributed by atoms with van der Waals surface area (Å²) >= 11 is 0. The van der Waals surface area contributed by atoms with Gasteiger partial charge in [0, 0.05) is 38.0 Å². The van der Waals surface area contributed by atoms with Gasteiger partial charge in [0.25, 0.3) is 0 Å². The van der Waals surface area contributed by atoms with E-state index in [9.17, 15) is 9.59 Å². The minimum atomic E-state index is 0.302. The van der Waals surface area contributed by atoms with Crippen molar-refractivity contribution >= 4 is 11.8 Å². The molecule has 2 amide bonds. The number of hydrogen-bond donors (Lipinski definition) is 0. The van der Waals surface area contributed by atoms with Crippen molar-refractivity contribution in [3.05, 3.63) is 0 Å². The van der Waals surface area contributed by atoms with Crippen LogP contribution in [0.15, 0.2) is 0 Å². The standard InChI is InChI=1S/C20H30N2O2/c23-19(17-11-13-1-3-15(17)9-13)21-5-7-22(8-6-21)20(24)18-12-14-2-4-16(18)10-14/h13-18H,1-12H2/t13-,14-,15-,16-,17-,18-/m1/s1. The molecule has 132 valence electrons. The zero-order valence-electron chi connectivity index (χ0n) is 14.7. The van der Waals surface area contributed by atoms with Crippen molar-refractivity contribution in [2.24, 2.45) is 35.5 Å². The predicted octanol–water partition coefficient (Wildman–Crippen LogP) is 2.53. The van der Waals surface area contributed by atoms with Gasteiger partial charge in [-0.3, -0.25) is 9.59 Å². The SMILES string of the molecule is O=C([C@@H]1C[C@@H]2CC[C@@H]1C2)N1CCN(C(=O)[C@@H]2C[C@@H]3CC[C@@H]2C3)CC1. The lowest BCUT2D eigenvalue weighted by Crippen LogP contribution is -2.53. The monoisotopic (exact) mass is 330 g/mol. The fourth-order valence-corrected chi connectivity index (χ4v) is 6.71. The number of nitrogens with zero attached hydrogens (tertiary/aromatic N) is 2. The summed E-state index contributed by atoms with van der Waals surface area (Å²) in [5.41, 5.74) is 0. The van der Waals surface area contributed by atoms with Crippen LogP contribution in [0.5, 0.6) is 0 Å². The molecule has 24 heavy (non-hydrogen) atoms. The highest BCUT2D eigenvalue weighted by atomic mass is 16.2. The Bertz CT molecular complexity index is 492. The minimum Gasteiger partial charge on any atom is -0.339 e. The first kappa shape index (κ1) is 15.2. The molecule has 0 spiro atoms. The van der Waals surface area contributed by atoms with E-state index in [0.29, 0.717) is 35.5 Å². The lowest BCUT2D eigenvalue weighted by molar-refractivity contribution is -0.145. The fourth-order valence-electron chi connectivity index (χ4n) is 6.71. The molecule has 4 aliphatic carbocycles. The van der Waals surface area contributed by atoms with Gasteiger partial charge in [-0.25, -0.2) is 0 Å². The highest BCUT2D eigenvalue weighted by Gasteiger charge is 2.46. The number of fused-ring (bicyclic) bond motifs is 4. The Kier molecular flexibility index (Phi) is 3.64. The van der Waals surface area contributed by atoms with Crippen molar-refractivity contribution in [1.82, 2.24) is 9.80 Å². The molecule has 0 radical (unpaired) electrons. The maximum Gasteiger partial charge on any atom is 0.226 e. The van der Waals surface area contributed by atoms with Crippen LogP contribution in [0.4, 0.5) is 0 Å². The maximum absolute atomic E-state index is 12.8. The molecular weight excluding hydrogens is 300 g/mol. The van der Waals surface area contributed by atoms with E-state index in [2.05, 4.69) is 9.80 Å². The zero-order valence-corrected chi connectivity index (χ0v) is 14.7. The first-order valence-electron chi connectivity index (χ1n) is 10.3. The molecule has 0 aromatic heterocycles. The second-order valence-electron chi connectivity index (χ2n) is 9.21. The Balaban J connectivity index is 1.16. The number of hydrogen-bond acceptors (Lipinski definition) is 2. The van der Waals surface area contributed by atoms with Crippen molar-refractivity contribution in [1.29, 1.82) is 0 Å². The van der Waals surface area contributed by atoms with Crippen molar-refractivity contribution < 1.29 is 9.59 Å². The Labute approximate surface area is 144 Å². The van der Waals surface area contributed by atoms with Gasteiger partial charge in [0.05, 0.1) is 0 Å². The van der Waals surface area contributed by atoms with Crippen molar-refractivity contribution in [3.8, 4) is 0 Å². The Morgan fingerprint density at radius 1 is 0.583 bits per heavy atom. The molecule has 0 unspecified atom stereocenters. The van der Waals surface area contributed by atoms with Gasteiger partial charge in [0.15, 0.2) is 0 Å². The van der Waals surface area contributed by atoms with Crippen LogP contribution >= 0.6 is 0 Å². The lowest BCUT2D eigenvalue weighted by atomic mass is 9.87. The van der Waals surface area contributed by atoms with Gasteiger partial charge < -0.3 is 9.80 Å². The van der Waals surface area contributed by atoms with E-state index < -0.39 is 0 Å². The van der Waals surface area contributed by atoms with Gasteiger partial charge in [0.1, 0.15) is 0 Å². The highest BCUT2D eigenvalue weighted by molar-refractivity contribution is 5.82. The van der Waals surface area contributed by atoms with Gasteiger partial charge in [-0.2, -0.15) is 0 Å². The minimum absolute atomic E-state index is 0.302. The van der Waals surface area contributed by atoms with E-state index in [1.165, 1.54) is 38.5 Å². The molecule has 1 saturated heterocycles. The highest BCUT2D eigenvalue weighted by Crippen LogP contribution is 2.50. The van der Waals surface area contributed by atoms with Crippen molar-refractivity contribution in [3.63, 3.8) is 0 Å². The van der Waals surface area contributed by atoms with E-state index in [-0.39, 0.29) is 0 Å². The smallest absolute Gasteiger partial charge is 0.226 e. The number of carbonyl (C=O) groups excluding carboxylic acids is 2. The summed E-state index contributed by atoms with van der Waals surface area (Å²) in [7, 11) is 0. The average molecular weight is 330 g/mol. The van der Waals surface area contributed by atoms with E-state index in [1.807, 2.05) is 0 Å². The van der Waals surface area contributed by atoms with Gasteiger partial charge in [0.2, 0.25) is 11.8 Å². The molecule has 6 atom stereocenters. The van der Waals surface area contributed by atoms with Crippen LogP contribution in [0.1, 0.15) is 51.4 Å². The molecule has 4 nitrogen and oxygen atoms in total. The van der Waals surface area contributed by atoms with Crippen LogP contribution in [0.3, 0.4) is 0 Å².